The van der Waals surface area contributed by atoms with E-state index in [0.717, 1.165) is 35.4 Å². The predicted octanol–water partition coefficient (Wildman–Crippen LogP) is 5.79. The molecule has 0 aliphatic rings. The topological polar surface area (TPSA) is 24.5 Å². The lowest BCUT2D eigenvalue weighted by Crippen LogP contribution is -2.39. The average Bonchev–Trinajstić information content (AvgIpc) is 2.56. The van der Waals surface area contributed by atoms with Gasteiger partial charge < -0.3 is 15.0 Å². The molecule has 0 amide bonds. The van der Waals surface area contributed by atoms with Crippen LogP contribution >= 0.6 is 12.2 Å². The molecule has 0 radical (unpaired) electrons. The lowest BCUT2D eigenvalue weighted by Gasteiger charge is -2.29. The second-order valence-electron chi connectivity index (χ2n) is 7.06. The molecule has 0 aliphatic carbocycles. The molecule has 0 bridgehead atoms. The minimum Gasteiger partial charge on any atom is -0.457 e. The zero-order valence-corrected chi connectivity index (χ0v) is 16.3. The van der Waals surface area contributed by atoms with Crippen molar-refractivity contribution in [3.05, 3.63) is 54.6 Å². The van der Waals surface area contributed by atoms with E-state index in [9.17, 15) is 0 Å². The number of thiocarbonyl (C=S) groups is 1. The van der Waals surface area contributed by atoms with Crippen molar-refractivity contribution in [1.29, 1.82) is 0 Å². The molecule has 2 rings (SSSR count). The molecular formula is C21H28N2OS. The second kappa shape index (κ2) is 9.42. The van der Waals surface area contributed by atoms with Gasteiger partial charge in [-0.05, 0) is 60.5 Å². The van der Waals surface area contributed by atoms with Gasteiger partial charge in [0.05, 0.1) is 0 Å². The molecule has 0 aromatic heterocycles. The van der Waals surface area contributed by atoms with Gasteiger partial charge in [0.1, 0.15) is 11.5 Å². The summed E-state index contributed by atoms with van der Waals surface area (Å²) in [6, 6.07) is 17.7. The lowest BCUT2D eigenvalue weighted by atomic mass is 10.1. The highest BCUT2D eigenvalue weighted by molar-refractivity contribution is 7.80. The molecule has 0 aliphatic heterocycles. The Labute approximate surface area is 157 Å². The van der Waals surface area contributed by atoms with Gasteiger partial charge in [-0.15, -0.1) is 0 Å². The van der Waals surface area contributed by atoms with E-state index >= 15 is 0 Å². The number of hydrogen-bond donors (Lipinski definition) is 1. The van der Waals surface area contributed by atoms with Crippen LogP contribution in [0.4, 0.5) is 5.69 Å². The Kier molecular flexibility index (Phi) is 7.26. The highest BCUT2D eigenvalue weighted by atomic mass is 32.1. The molecule has 4 heteroatoms. The molecule has 2 aromatic rings. The van der Waals surface area contributed by atoms with Gasteiger partial charge >= 0.3 is 0 Å². The number of anilines is 1. The van der Waals surface area contributed by atoms with Gasteiger partial charge in [0, 0.05) is 18.8 Å². The Bertz CT molecular complexity index is 643. The van der Waals surface area contributed by atoms with Crippen LogP contribution in [0.5, 0.6) is 11.5 Å². The second-order valence-corrected chi connectivity index (χ2v) is 7.45. The molecule has 2 aromatic carbocycles. The van der Waals surface area contributed by atoms with Crippen molar-refractivity contribution in [3.8, 4) is 11.5 Å². The first-order valence-corrected chi connectivity index (χ1v) is 9.23. The van der Waals surface area contributed by atoms with Gasteiger partial charge in [0.25, 0.3) is 0 Å². The molecule has 134 valence electrons. The Balaban J connectivity index is 1.97. The molecule has 0 unspecified atom stereocenters. The third-order valence-corrected chi connectivity index (χ3v) is 3.90. The monoisotopic (exact) mass is 356 g/mol. The molecule has 1 N–H and O–H groups in total. The summed E-state index contributed by atoms with van der Waals surface area (Å²) in [6.45, 7) is 10.8. The quantitative estimate of drug-likeness (QED) is 0.635. The van der Waals surface area contributed by atoms with Gasteiger partial charge in [-0.25, -0.2) is 0 Å². The number of hydrogen-bond acceptors (Lipinski definition) is 2. The number of rotatable bonds is 7. The van der Waals surface area contributed by atoms with Crippen LogP contribution in [-0.2, 0) is 0 Å². The van der Waals surface area contributed by atoms with Crippen molar-refractivity contribution in [3.63, 3.8) is 0 Å². The van der Waals surface area contributed by atoms with Crippen molar-refractivity contribution in [2.45, 2.75) is 27.7 Å². The molecule has 0 atom stereocenters. The maximum Gasteiger partial charge on any atom is 0.173 e. The SMILES string of the molecule is CC(C)CN(CC(C)C)C(=S)Nc1ccc(Oc2ccccc2)cc1. The van der Waals surface area contributed by atoms with Crippen molar-refractivity contribution in [2.24, 2.45) is 11.8 Å². The van der Waals surface area contributed by atoms with E-state index < -0.39 is 0 Å². The summed E-state index contributed by atoms with van der Waals surface area (Å²) in [7, 11) is 0. The maximum atomic E-state index is 5.82. The van der Waals surface area contributed by atoms with E-state index in [0.29, 0.717) is 11.8 Å². The van der Waals surface area contributed by atoms with Crippen LogP contribution in [0.15, 0.2) is 54.6 Å². The molecular weight excluding hydrogens is 328 g/mol. The summed E-state index contributed by atoms with van der Waals surface area (Å²) >= 11 is 5.62. The Hall–Kier alpha value is -2.07. The Morgan fingerprint density at radius 1 is 0.880 bits per heavy atom. The van der Waals surface area contributed by atoms with E-state index in [1.165, 1.54) is 0 Å². The van der Waals surface area contributed by atoms with Crippen LogP contribution in [0.1, 0.15) is 27.7 Å². The average molecular weight is 357 g/mol. The van der Waals surface area contributed by atoms with Crippen LogP contribution < -0.4 is 10.1 Å². The summed E-state index contributed by atoms with van der Waals surface area (Å²) in [5.41, 5.74) is 0.975. The molecule has 0 saturated carbocycles. The molecule has 0 heterocycles. The number of benzene rings is 2. The predicted molar refractivity (Wildman–Crippen MR) is 110 cm³/mol. The van der Waals surface area contributed by atoms with E-state index in [4.69, 9.17) is 17.0 Å². The van der Waals surface area contributed by atoms with Gasteiger partial charge in [-0.2, -0.15) is 0 Å². The molecule has 0 fully saturated rings. The fourth-order valence-electron chi connectivity index (χ4n) is 2.56. The molecule has 3 nitrogen and oxygen atoms in total. The first-order chi connectivity index (χ1) is 11.9. The van der Waals surface area contributed by atoms with Crippen molar-refractivity contribution in [1.82, 2.24) is 4.90 Å². The zero-order chi connectivity index (χ0) is 18.2. The third-order valence-electron chi connectivity index (χ3n) is 3.54. The molecule has 25 heavy (non-hydrogen) atoms. The van der Waals surface area contributed by atoms with Gasteiger partial charge in [0.15, 0.2) is 5.11 Å². The van der Waals surface area contributed by atoms with Gasteiger partial charge in [-0.3, -0.25) is 0 Å². The number of ether oxygens (including phenoxy) is 1. The van der Waals surface area contributed by atoms with Crippen LogP contribution in [0.25, 0.3) is 0 Å². The number of nitrogens with one attached hydrogen (secondary N) is 1. The molecule has 0 spiro atoms. The highest BCUT2D eigenvalue weighted by Gasteiger charge is 2.13. The van der Waals surface area contributed by atoms with E-state index in [-0.39, 0.29) is 0 Å². The summed E-state index contributed by atoms with van der Waals surface area (Å²) < 4.78 is 5.82. The van der Waals surface area contributed by atoms with E-state index in [1.807, 2.05) is 54.6 Å². The first-order valence-electron chi connectivity index (χ1n) is 8.83. The summed E-state index contributed by atoms with van der Waals surface area (Å²) in [6.07, 6.45) is 0. The largest absolute Gasteiger partial charge is 0.457 e. The summed E-state index contributed by atoms with van der Waals surface area (Å²) in [5.74, 6) is 2.78. The fraction of sp³-hybridized carbons (Fsp3) is 0.381. The minimum atomic E-state index is 0.570. The normalized spacial score (nSPS) is 10.8. The summed E-state index contributed by atoms with van der Waals surface area (Å²) in [5, 5.41) is 4.12. The minimum absolute atomic E-state index is 0.570. The van der Waals surface area contributed by atoms with Gasteiger partial charge in [0.2, 0.25) is 0 Å². The fourth-order valence-corrected chi connectivity index (χ4v) is 2.82. The number of nitrogens with zero attached hydrogens (tertiary/aromatic N) is 1. The van der Waals surface area contributed by atoms with Crippen LogP contribution in [0, 0.1) is 11.8 Å². The summed E-state index contributed by atoms with van der Waals surface area (Å²) in [4.78, 5) is 2.25. The van der Waals surface area contributed by atoms with Crippen molar-refractivity contribution >= 4 is 23.0 Å². The van der Waals surface area contributed by atoms with E-state index in [1.54, 1.807) is 0 Å². The standard InChI is InChI=1S/C21H28N2OS/c1-16(2)14-23(15-17(3)4)21(25)22-18-10-12-20(13-11-18)24-19-8-6-5-7-9-19/h5-13,16-17H,14-15H2,1-4H3,(H,22,25). The maximum absolute atomic E-state index is 5.82. The van der Waals surface area contributed by atoms with Crippen LogP contribution in [0.2, 0.25) is 0 Å². The smallest absolute Gasteiger partial charge is 0.173 e. The first kappa shape index (κ1) is 19.3. The van der Waals surface area contributed by atoms with Crippen molar-refractivity contribution < 1.29 is 4.74 Å². The lowest BCUT2D eigenvalue weighted by molar-refractivity contribution is 0.332. The zero-order valence-electron chi connectivity index (χ0n) is 15.5. The Morgan fingerprint density at radius 2 is 1.40 bits per heavy atom. The molecule has 0 saturated heterocycles. The number of para-hydroxylation sites is 1. The highest BCUT2D eigenvalue weighted by Crippen LogP contribution is 2.22. The van der Waals surface area contributed by atoms with Crippen LogP contribution in [-0.4, -0.2) is 23.1 Å². The third kappa shape index (κ3) is 6.75. The van der Waals surface area contributed by atoms with E-state index in [2.05, 4.69) is 37.9 Å². The van der Waals surface area contributed by atoms with Crippen LogP contribution in [0.3, 0.4) is 0 Å². The van der Waals surface area contributed by atoms with Crippen molar-refractivity contribution in [2.75, 3.05) is 18.4 Å². The Morgan fingerprint density at radius 3 is 1.92 bits per heavy atom. The van der Waals surface area contributed by atoms with Gasteiger partial charge in [-0.1, -0.05) is 45.9 Å².